The number of anilines is 1. The van der Waals surface area contributed by atoms with Crippen LogP contribution in [0.5, 0.6) is 0 Å². The number of carbonyl (C=O) groups is 1. The molecule has 1 aliphatic heterocycles. The molecule has 0 spiro atoms. The van der Waals surface area contributed by atoms with Gasteiger partial charge < -0.3 is 14.8 Å². The minimum absolute atomic E-state index is 0.267. The fraction of sp³-hybridized carbons (Fsp3) is 0.667. The number of rotatable bonds is 9. The summed E-state index contributed by atoms with van der Waals surface area (Å²) in [6.45, 7) is 6.62. The van der Waals surface area contributed by atoms with Crippen LogP contribution in [-0.4, -0.2) is 55.0 Å². The largest absolute Gasteiger partial charge is 0.411 e. The third kappa shape index (κ3) is 8.72. The van der Waals surface area contributed by atoms with E-state index in [9.17, 15) is 18.0 Å². The Labute approximate surface area is 170 Å². The highest BCUT2D eigenvalue weighted by molar-refractivity contribution is 5.93. The van der Waals surface area contributed by atoms with E-state index in [0.29, 0.717) is 11.7 Å². The summed E-state index contributed by atoms with van der Waals surface area (Å²) in [5.74, 6) is -0.611. The van der Waals surface area contributed by atoms with E-state index in [1.165, 1.54) is 13.3 Å². The minimum Gasteiger partial charge on any atom is -0.377 e. The van der Waals surface area contributed by atoms with Gasteiger partial charge in [-0.3, -0.25) is 9.69 Å². The molecule has 5 nitrogen and oxygen atoms in total. The zero-order valence-corrected chi connectivity index (χ0v) is 17.3. The van der Waals surface area contributed by atoms with E-state index >= 15 is 0 Å². The first-order valence-electron chi connectivity index (χ1n) is 10.1. The second-order valence-electron chi connectivity index (χ2n) is 7.77. The van der Waals surface area contributed by atoms with Gasteiger partial charge in [-0.2, -0.15) is 13.2 Å². The lowest BCUT2D eigenvalue weighted by molar-refractivity contribution is -0.184. The summed E-state index contributed by atoms with van der Waals surface area (Å²) >= 11 is 0. The fourth-order valence-corrected chi connectivity index (χ4v) is 3.14. The maximum absolute atomic E-state index is 12.2. The number of halogens is 3. The highest BCUT2D eigenvalue weighted by Gasteiger charge is 2.30. The van der Waals surface area contributed by atoms with Crippen LogP contribution in [0.25, 0.3) is 0 Å². The molecule has 0 radical (unpaired) electrons. The number of carbonyl (C=O) groups excluding carboxylic acids is 1. The molecule has 1 aromatic rings. The number of nitrogens with zero attached hydrogens (tertiary/aromatic N) is 1. The van der Waals surface area contributed by atoms with Gasteiger partial charge in [0.1, 0.15) is 12.7 Å². The van der Waals surface area contributed by atoms with Crippen molar-refractivity contribution in [3.8, 4) is 0 Å². The molecule has 0 aliphatic carbocycles. The molecular weight excluding hydrogens is 385 g/mol. The SMILES string of the molecule is CC(OCC(F)(F)F)C(=O)Nc1ccc(CN(CC2CCCCO2)C(C)C)cc1. The van der Waals surface area contributed by atoms with E-state index in [1.807, 2.05) is 12.1 Å². The second kappa shape index (κ2) is 10.9. The van der Waals surface area contributed by atoms with Gasteiger partial charge in [0.15, 0.2) is 0 Å². The van der Waals surface area contributed by atoms with Gasteiger partial charge in [-0.1, -0.05) is 12.1 Å². The van der Waals surface area contributed by atoms with Crippen molar-refractivity contribution >= 4 is 11.6 Å². The van der Waals surface area contributed by atoms with E-state index in [4.69, 9.17) is 4.74 Å². The average molecular weight is 416 g/mol. The van der Waals surface area contributed by atoms with E-state index in [1.54, 1.807) is 12.1 Å². The van der Waals surface area contributed by atoms with Gasteiger partial charge in [0.2, 0.25) is 0 Å². The molecule has 2 atom stereocenters. The molecule has 1 aliphatic rings. The van der Waals surface area contributed by atoms with Crippen LogP contribution in [0.3, 0.4) is 0 Å². The van der Waals surface area contributed by atoms with Crippen LogP contribution in [0.2, 0.25) is 0 Å². The zero-order chi connectivity index (χ0) is 21.4. The first-order valence-corrected chi connectivity index (χ1v) is 10.1. The van der Waals surface area contributed by atoms with Gasteiger partial charge in [0, 0.05) is 31.4 Å². The Balaban J connectivity index is 1.86. The molecule has 29 heavy (non-hydrogen) atoms. The number of ether oxygens (including phenoxy) is 2. The fourth-order valence-electron chi connectivity index (χ4n) is 3.14. The second-order valence-corrected chi connectivity index (χ2v) is 7.77. The van der Waals surface area contributed by atoms with Crippen molar-refractivity contribution in [3.05, 3.63) is 29.8 Å². The Morgan fingerprint density at radius 3 is 2.48 bits per heavy atom. The van der Waals surface area contributed by atoms with Gasteiger partial charge >= 0.3 is 6.18 Å². The van der Waals surface area contributed by atoms with Gasteiger partial charge in [0.25, 0.3) is 5.91 Å². The molecule has 1 fully saturated rings. The molecular formula is C21H31F3N2O3. The molecule has 1 amide bonds. The number of nitrogens with one attached hydrogen (secondary N) is 1. The lowest BCUT2D eigenvalue weighted by Crippen LogP contribution is -2.39. The minimum atomic E-state index is -4.46. The van der Waals surface area contributed by atoms with Crippen molar-refractivity contribution in [2.45, 2.75) is 71.0 Å². The van der Waals surface area contributed by atoms with Crippen molar-refractivity contribution in [1.29, 1.82) is 0 Å². The summed E-state index contributed by atoms with van der Waals surface area (Å²) in [6, 6.07) is 7.69. The monoisotopic (exact) mass is 416 g/mol. The van der Waals surface area contributed by atoms with Crippen LogP contribution in [-0.2, 0) is 20.8 Å². The summed E-state index contributed by atoms with van der Waals surface area (Å²) in [5, 5.41) is 2.58. The van der Waals surface area contributed by atoms with Crippen LogP contribution in [0, 0.1) is 0 Å². The zero-order valence-electron chi connectivity index (χ0n) is 17.3. The Bertz CT molecular complexity index is 629. The van der Waals surface area contributed by atoms with Crippen molar-refractivity contribution in [1.82, 2.24) is 4.90 Å². The molecule has 0 saturated carbocycles. The average Bonchev–Trinajstić information content (AvgIpc) is 2.67. The molecule has 8 heteroatoms. The topological polar surface area (TPSA) is 50.8 Å². The Morgan fingerprint density at radius 1 is 1.24 bits per heavy atom. The summed E-state index contributed by atoms with van der Waals surface area (Å²) in [7, 11) is 0. The van der Waals surface area contributed by atoms with Crippen LogP contribution < -0.4 is 5.32 Å². The highest BCUT2D eigenvalue weighted by Crippen LogP contribution is 2.19. The number of amides is 1. The first-order chi connectivity index (χ1) is 13.6. The van der Waals surface area contributed by atoms with Crippen molar-refractivity contribution < 1.29 is 27.4 Å². The Hall–Kier alpha value is -1.64. The third-order valence-corrected chi connectivity index (χ3v) is 4.92. The van der Waals surface area contributed by atoms with Gasteiger partial charge in [-0.15, -0.1) is 0 Å². The molecule has 164 valence electrons. The van der Waals surface area contributed by atoms with Crippen molar-refractivity contribution in [3.63, 3.8) is 0 Å². The van der Waals surface area contributed by atoms with Crippen LogP contribution in [0.4, 0.5) is 18.9 Å². The third-order valence-electron chi connectivity index (χ3n) is 4.92. The normalized spacial score (nSPS) is 18.8. The molecule has 0 aromatic heterocycles. The maximum atomic E-state index is 12.2. The van der Waals surface area contributed by atoms with E-state index in [2.05, 4.69) is 28.8 Å². The molecule has 1 N–H and O–H groups in total. The molecule has 1 aromatic carbocycles. The molecule has 1 saturated heterocycles. The van der Waals surface area contributed by atoms with E-state index in [-0.39, 0.29) is 6.10 Å². The van der Waals surface area contributed by atoms with Crippen LogP contribution in [0.15, 0.2) is 24.3 Å². The molecule has 2 rings (SSSR count). The van der Waals surface area contributed by atoms with Crippen LogP contribution in [0.1, 0.15) is 45.6 Å². The quantitative estimate of drug-likeness (QED) is 0.649. The predicted molar refractivity (Wildman–Crippen MR) is 106 cm³/mol. The summed E-state index contributed by atoms with van der Waals surface area (Å²) in [5.41, 5.74) is 1.61. The Morgan fingerprint density at radius 2 is 1.93 bits per heavy atom. The number of hydrogen-bond donors (Lipinski definition) is 1. The number of hydrogen-bond acceptors (Lipinski definition) is 4. The van der Waals surface area contributed by atoms with Gasteiger partial charge in [-0.25, -0.2) is 0 Å². The Kier molecular flexibility index (Phi) is 8.92. The highest BCUT2D eigenvalue weighted by atomic mass is 19.4. The smallest absolute Gasteiger partial charge is 0.377 e. The first kappa shape index (κ1) is 23.6. The van der Waals surface area contributed by atoms with Gasteiger partial charge in [-0.05, 0) is 57.7 Å². The van der Waals surface area contributed by atoms with Crippen molar-refractivity contribution in [2.24, 2.45) is 0 Å². The molecule has 2 unspecified atom stereocenters. The van der Waals surface area contributed by atoms with Gasteiger partial charge in [0.05, 0.1) is 6.10 Å². The lowest BCUT2D eigenvalue weighted by Gasteiger charge is -2.32. The molecule has 1 heterocycles. The van der Waals surface area contributed by atoms with Crippen LogP contribution >= 0.6 is 0 Å². The summed E-state index contributed by atoms with van der Waals surface area (Å²) in [6.07, 6.45) is -1.96. The standard InChI is InChI=1S/C21H31F3N2O3/c1-15(2)26(13-19-6-4-5-11-28-19)12-17-7-9-18(10-8-17)25-20(27)16(3)29-14-21(22,23)24/h7-10,15-16,19H,4-6,11-14H2,1-3H3,(H,25,27). The van der Waals surface area contributed by atoms with E-state index < -0.39 is 24.8 Å². The number of alkyl halides is 3. The molecule has 0 bridgehead atoms. The predicted octanol–water partition coefficient (Wildman–Crippen LogP) is 4.37. The van der Waals surface area contributed by atoms with E-state index in [0.717, 1.165) is 38.1 Å². The lowest BCUT2D eigenvalue weighted by atomic mass is 10.1. The number of benzene rings is 1. The summed E-state index contributed by atoms with van der Waals surface area (Å²) in [4.78, 5) is 14.3. The summed E-state index contributed by atoms with van der Waals surface area (Å²) < 4.78 is 47.0. The van der Waals surface area contributed by atoms with Crippen molar-refractivity contribution in [2.75, 3.05) is 25.1 Å². The maximum Gasteiger partial charge on any atom is 0.411 e.